The van der Waals surface area contributed by atoms with Crippen LogP contribution in [0.2, 0.25) is 10.0 Å². The zero-order chi connectivity index (χ0) is 12.3. The smallest absolute Gasteiger partial charge is 0.251 e. The van der Waals surface area contributed by atoms with Gasteiger partial charge in [-0.25, -0.2) is 0 Å². The molecule has 0 spiro atoms. The van der Waals surface area contributed by atoms with E-state index >= 15 is 0 Å². The predicted octanol–water partition coefficient (Wildman–Crippen LogP) is 4.43. The third-order valence-corrected chi connectivity index (χ3v) is 3.14. The number of carbonyl (C=O) groups excluding carboxylic acids is 1. The third-order valence-electron chi connectivity index (χ3n) is 2.70. The first-order valence-corrected chi connectivity index (χ1v) is 6.37. The summed E-state index contributed by atoms with van der Waals surface area (Å²) < 4.78 is 0. The van der Waals surface area contributed by atoms with E-state index in [-0.39, 0.29) is 5.91 Å². The lowest BCUT2D eigenvalue weighted by atomic mass is 9.99. The molecule has 0 bridgehead atoms. The maximum atomic E-state index is 11.9. The molecule has 0 saturated heterocycles. The van der Waals surface area contributed by atoms with Crippen molar-refractivity contribution in [2.75, 3.05) is 5.32 Å². The summed E-state index contributed by atoms with van der Waals surface area (Å²) in [6.07, 6.45) is 6.08. The Hall–Kier alpha value is -0.990. The van der Waals surface area contributed by atoms with Crippen molar-refractivity contribution < 1.29 is 4.79 Å². The first-order valence-electron chi connectivity index (χ1n) is 5.61. The predicted molar refractivity (Wildman–Crippen MR) is 71.6 cm³/mol. The van der Waals surface area contributed by atoms with Crippen LogP contribution in [-0.4, -0.2) is 5.91 Å². The van der Waals surface area contributed by atoms with Gasteiger partial charge in [0, 0.05) is 21.3 Å². The van der Waals surface area contributed by atoms with Crippen LogP contribution in [0.4, 0.5) is 5.69 Å². The quantitative estimate of drug-likeness (QED) is 0.846. The second-order valence-electron chi connectivity index (χ2n) is 4.09. The highest BCUT2D eigenvalue weighted by Crippen LogP contribution is 2.24. The molecule has 0 saturated carbocycles. The van der Waals surface area contributed by atoms with E-state index in [9.17, 15) is 4.79 Å². The van der Waals surface area contributed by atoms with Crippen LogP contribution in [0.3, 0.4) is 0 Å². The summed E-state index contributed by atoms with van der Waals surface area (Å²) in [5, 5.41) is 3.85. The summed E-state index contributed by atoms with van der Waals surface area (Å²) >= 11 is 11.7. The minimum absolute atomic E-state index is 0.0527. The van der Waals surface area contributed by atoms with Gasteiger partial charge in [0.15, 0.2) is 0 Å². The van der Waals surface area contributed by atoms with Crippen LogP contribution >= 0.6 is 23.2 Å². The van der Waals surface area contributed by atoms with Crippen LogP contribution in [0.15, 0.2) is 29.8 Å². The zero-order valence-electron chi connectivity index (χ0n) is 9.30. The Balaban J connectivity index is 2.09. The summed E-state index contributed by atoms with van der Waals surface area (Å²) in [6, 6.07) is 5.02. The maximum Gasteiger partial charge on any atom is 0.251 e. The molecule has 1 aromatic carbocycles. The van der Waals surface area contributed by atoms with Gasteiger partial charge in [0.1, 0.15) is 0 Å². The third kappa shape index (κ3) is 3.48. The molecule has 4 heteroatoms. The zero-order valence-corrected chi connectivity index (χ0v) is 10.8. The highest BCUT2D eigenvalue weighted by atomic mass is 35.5. The largest absolute Gasteiger partial charge is 0.322 e. The molecule has 2 nitrogen and oxygen atoms in total. The number of amides is 1. The molecule has 0 radical (unpaired) electrons. The Morgan fingerprint density at radius 3 is 2.41 bits per heavy atom. The van der Waals surface area contributed by atoms with E-state index in [1.807, 2.05) is 6.08 Å². The van der Waals surface area contributed by atoms with E-state index in [1.165, 1.54) is 6.42 Å². The van der Waals surface area contributed by atoms with E-state index in [4.69, 9.17) is 23.2 Å². The van der Waals surface area contributed by atoms with Gasteiger partial charge < -0.3 is 5.32 Å². The number of nitrogens with one attached hydrogen (secondary N) is 1. The van der Waals surface area contributed by atoms with Crippen molar-refractivity contribution >= 4 is 34.8 Å². The number of hydrogen-bond donors (Lipinski definition) is 1. The second-order valence-corrected chi connectivity index (χ2v) is 4.96. The Morgan fingerprint density at radius 2 is 1.82 bits per heavy atom. The minimum Gasteiger partial charge on any atom is -0.322 e. The summed E-state index contributed by atoms with van der Waals surface area (Å²) in [5.41, 5.74) is 1.49. The van der Waals surface area contributed by atoms with Crippen LogP contribution in [0.5, 0.6) is 0 Å². The van der Waals surface area contributed by atoms with Crippen molar-refractivity contribution in [3.8, 4) is 0 Å². The van der Waals surface area contributed by atoms with E-state index in [0.29, 0.717) is 15.7 Å². The minimum atomic E-state index is -0.0527. The SMILES string of the molecule is O=C(Nc1cc(Cl)cc(Cl)c1)C1=CCCCC1. The summed E-state index contributed by atoms with van der Waals surface area (Å²) in [5.74, 6) is -0.0527. The average Bonchev–Trinajstić information content (AvgIpc) is 2.28. The fraction of sp³-hybridized carbons (Fsp3) is 0.308. The molecular formula is C13H13Cl2NO. The second kappa shape index (κ2) is 5.56. The van der Waals surface area contributed by atoms with E-state index in [2.05, 4.69) is 5.32 Å². The normalized spacial score (nSPS) is 15.3. The van der Waals surface area contributed by atoms with Crippen LogP contribution in [-0.2, 0) is 4.79 Å². The lowest BCUT2D eigenvalue weighted by Gasteiger charge is -2.13. The van der Waals surface area contributed by atoms with Gasteiger partial charge in [-0.15, -0.1) is 0 Å². The van der Waals surface area contributed by atoms with Gasteiger partial charge in [-0.05, 0) is 43.9 Å². The van der Waals surface area contributed by atoms with Crippen molar-refractivity contribution in [1.82, 2.24) is 0 Å². The number of anilines is 1. The highest BCUT2D eigenvalue weighted by molar-refractivity contribution is 6.35. The molecular weight excluding hydrogens is 257 g/mol. The Kier molecular flexibility index (Phi) is 4.08. The summed E-state index contributed by atoms with van der Waals surface area (Å²) in [4.78, 5) is 11.9. The van der Waals surface area contributed by atoms with E-state index in [0.717, 1.165) is 24.8 Å². The van der Waals surface area contributed by atoms with Gasteiger partial charge >= 0.3 is 0 Å². The number of allylic oxidation sites excluding steroid dienone is 1. The molecule has 0 unspecified atom stereocenters. The fourth-order valence-corrected chi connectivity index (χ4v) is 2.41. The lowest BCUT2D eigenvalue weighted by Crippen LogP contribution is -2.15. The fourth-order valence-electron chi connectivity index (χ4n) is 1.88. The molecule has 17 heavy (non-hydrogen) atoms. The van der Waals surface area contributed by atoms with Crippen molar-refractivity contribution in [2.24, 2.45) is 0 Å². The van der Waals surface area contributed by atoms with Crippen molar-refractivity contribution in [3.63, 3.8) is 0 Å². The van der Waals surface area contributed by atoms with Gasteiger partial charge in [0.05, 0.1) is 0 Å². The van der Waals surface area contributed by atoms with Gasteiger partial charge in [0.2, 0.25) is 0 Å². The lowest BCUT2D eigenvalue weighted by molar-refractivity contribution is -0.113. The first kappa shape index (κ1) is 12.5. The first-order chi connectivity index (χ1) is 8.15. The Morgan fingerprint density at radius 1 is 1.12 bits per heavy atom. The van der Waals surface area contributed by atoms with Crippen LogP contribution in [0.1, 0.15) is 25.7 Å². The number of rotatable bonds is 2. The average molecular weight is 270 g/mol. The van der Waals surface area contributed by atoms with Crippen LogP contribution < -0.4 is 5.32 Å². The molecule has 1 aliphatic carbocycles. The molecule has 0 aliphatic heterocycles. The number of carbonyl (C=O) groups is 1. The van der Waals surface area contributed by atoms with Gasteiger partial charge in [-0.3, -0.25) is 4.79 Å². The highest BCUT2D eigenvalue weighted by Gasteiger charge is 2.12. The topological polar surface area (TPSA) is 29.1 Å². The van der Waals surface area contributed by atoms with Gasteiger partial charge in [-0.1, -0.05) is 29.3 Å². The molecule has 0 atom stereocenters. The number of halogens is 2. The molecule has 0 heterocycles. The Labute approximate surface area is 111 Å². The molecule has 1 N–H and O–H groups in total. The molecule has 0 aromatic heterocycles. The van der Waals surface area contributed by atoms with Crippen LogP contribution in [0.25, 0.3) is 0 Å². The summed E-state index contributed by atoms with van der Waals surface area (Å²) in [6.45, 7) is 0. The molecule has 0 fully saturated rings. The maximum absolute atomic E-state index is 11.9. The van der Waals surface area contributed by atoms with Crippen molar-refractivity contribution in [3.05, 3.63) is 39.9 Å². The van der Waals surface area contributed by atoms with Crippen molar-refractivity contribution in [2.45, 2.75) is 25.7 Å². The van der Waals surface area contributed by atoms with Crippen molar-refractivity contribution in [1.29, 1.82) is 0 Å². The standard InChI is InChI=1S/C13H13Cl2NO/c14-10-6-11(15)8-12(7-10)16-13(17)9-4-2-1-3-5-9/h4,6-8H,1-3,5H2,(H,16,17). The molecule has 1 aliphatic rings. The molecule has 2 rings (SSSR count). The van der Waals surface area contributed by atoms with Gasteiger partial charge in [-0.2, -0.15) is 0 Å². The van der Waals surface area contributed by atoms with Crippen LogP contribution in [0, 0.1) is 0 Å². The molecule has 1 aromatic rings. The number of benzene rings is 1. The molecule has 1 amide bonds. The summed E-state index contributed by atoms with van der Waals surface area (Å²) in [7, 11) is 0. The van der Waals surface area contributed by atoms with Gasteiger partial charge in [0.25, 0.3) is 5.91 Å². The van der Waals surface area contributed by atoms with E-state index < -0.39 is 0 Å². The molecule has 90 valence electrons. The monoisotopic (exact) mass is 269 g/mol. The number of hydrogen-bond acceptors (Lipinski definition) is 1. The Bertz CT molecular complexity index is 448. The van der Waals surface area contributed by atoms with E-state index in [1.54, 1.807) is 18.2 Å².